The highest BCUT2D eigenvalue weighted by Gasteiger charge is 2.44. The van der Waals surface area contributed by atoms with E-state index in [1.807, 2.05) is 0 Å². The number of hydrogen-bond donors (Lipinski definition) is 1. The lowest BCUT2D eigenvalue weighted by atomic mass is 9.55. The maximum Gasteiger partial charge on any atom is -0.00719 e. The van der Waals surface area contributed by atoms with Crippen molar-refractivity contribution in [2.24, 2.45) is 28.9 Å². The van der Waals surface area contributed by atoms with E-state index in [0.29, 0.717) is 5.41 Å². The number of rotatable bonds is 4. The normalized spacial score (nSPS) is 33.8. The largest absolute Gasteiger partial charge is 0.330 e. The minimum absolute atomic E-state index is 0.691. The first-order valence-corrected chi connectivity index (χ1v) is 7.38. The maximum atomic E-state index is 5.81. The van der Waals surface area contributed by atoms with Crippen LogP contribution in [0.25, 0.3) is 0 Å². The Hall–Kier alpha value is -0.0400. The van der Waals surface area contributed by atoms with Crippen LogP contribution in [0.5, 0.6) is 0 Å². The fourth-order valence-electron chi connectivity index (χ4n) is 4.18. The molecule has 2 N–H and O–H groups in total. The quantitative estimate of drug-likeness (QED) is 0.767. The van der Waals surface area contributed by atoms with E-state index in [0.717, 1.165) is 24.3 Å². The standard InChI is InChI=1S/C15H29N/c1-12(2)13-4-6-14(7-5-13)15(10-11-16)8-3-9-15/h12-14H,3-11,16H2,1-2H3. The molecule has 2 rings (SSSR count). The molecule has 0 aliphatic heterocycles. The van der Waals surface area contributed by atoms with Gasteiger partial charge in [-0.05, 0) is 74.7 Å². The first-order chi connectivity index (χ1) is 7.68. The molecule has 0 atom stereocenters. The van der Waals surface area contributed by atoms with Crippen molar-refractivity contribution in [1.82, 2.24) is 0 Å². The van der Waals surface area contributed by atoms with Crippen molar-refractivity contribution in [1.29, 1.82) is 0 Å². The van der Waals surface area contributed by atoms with E-state index >= 15 is 0 Å². The van der Waals surface area contributed by atoms with Crippen LogP contribution in [-0.4, -0.2) is 6.54 Å². The molecule has 0 amide bonds. The first kappa shape index (κ1) is 12.4. The molecule has 1 heteroatoms. The van der Waals surface area contributed by atoms with Gasteiger partial charge in [-0.15, -0.1) is 0 Å². The molecule has 0 aromatic carbocycles. The summed E-state index contributed by atoms with van der Waals surface area (Å²) in [7, 11) is 0. The number of nitrogens with two attached hydrogens (primary N) is 1. The van der Waals surface area contributed by atoms with Crippen LogP contribution in [0.15, 0.2) is 0 Å². The second-order valence-electron chi connectivity index (χ2n) is 6.61. The van der Waals surface area contributed by atoms with Gasteiger partial charge in [0.05, 0.1) is 0 Å². The molecular formula is C15H29N. The van der Waals surface area contributed by atoms with Crippen molar-refractivity contribution in [2.75, 3.05) is 6.54 Å². The Morgan fingerprint density at radius 3 is 2.12 bits per heavy atom. The van der Waals surface area contributed by atoms with E-state index in [-0.39, 0.29) is 0 Å². The Bertz CT molecular complexity index is 209. The summed E-state index contributed by atoms with van der Waals surface area (Å²) in [6.07, 6.45) is 11.6. The average Bonchev–Trinajstić information content (AvgIpc) is 2.23. The van der Waals surface area contributed by atoms with Gasteiger partial charge in [0.25, 0.3) is 0 Å². The lowest BCUT2D eigenvalue weighted by Gasteiger charge is -2.50. The molecule has 0 radical (unpaired) electrons. The van der Waals surface area contributed by atoms with Gasteiger partial charge in [-0.2, -0.15) is 0 Å². The fourth-order valence-corrected chi connectivity index (χ4v) is 4.18. The van der Waals surface area contributed by atoms with E-state index in [9.17, 15) is 0 Å². The Morgan fingerprint density at radius 2 is 1.75 bits per heavy atom. The zero-order valence-electron chi connectivity index (χ0n) is 11.2. The summed E-state index contributed by atoms with van der Waals surface area (Å²) in [5, 5.41) is 0. The van der Waals surface area contributed by atoms with Gasteiger partial charge in [0.1, 0.15) is 0 Å². The predicted molar refractivity (Wildman–Crippen MR) is 70.2 cm³/mol. The Balaban J connectivity index is 1.87. The molecular weight excluding hydrogens is 194 g/mol. The van der Waals surface area contributed by atoms with Crippen LogP contribution >= 0.6 is 0 Å². The summed E-state index contributed by atoms with van der Waals surface area (Å²) in [6, 6.07) is 0. The molecule has 2 saturated carbocycles. The minimum atomic E-state index is 0.691. The van der Waals surface area contributed by atoms with Crippen LogP contribution in [0.4, 0.5) is 0 Å². The molecule has 94 valence electrons. The molecule has 2 fully saturated rings. The van der Waals surface area contributed by atoms with E-state index in [2.05, 4.69) is 13.8 Å². The molecule has 16 heavy (non-hydrogen) atoms. The maximum absolute atomic E-state index is 5.81. The van der Waals surface area contributed by atoms with Crippen molar-refractivity contribution in [3.05, 3.63) is 0 Å². The summed E-state index contributed by atoms with van der Waals surface area (Å²) >= 11 is 0. The van der Waals surface area contributed by atoms with E-state index < -0.39 is 0 Å². The molecule has 0 saturated heterocycles. The van der Waals surface area contributed by atoms with Crippen LogP contribution in [0.2, 0.25) is 0 Å². The molecule has 0 heterocycles. The monoisotopic (exact) mass is 223 g/mol. The molecule has 0 bridgehead atoms. The zero-order chi connectivity index (χ0) is 11.6. The van der Waals surface area contributed by atoms with Crippen molar-refractivity contribution in [3.63, 3.8) is 0 Å². The SMILES string of the molecule is CC(C)C1CCC(C2(CCN)CCC2)CC1. The Labute approximate surface area is 101 Å². The smallest absolute Gasteiger partial charge is 0.00719 e. The highest BCUT2D eigenvalue weighted by Crippen LogP contribution is 2.55. The van der Waals surface area contributed by atoms with Crippen LogP contribution < -0.4 is 5.73 Å². The van der Waals surface area contributed by atoms with Gasteiger partial charge < -0.3 is 5.73 Å². The Morgan fingerprint density at radius 1 is 1.12 bits per heavy atom. The van der Waals surface area contributed by atoms with Gasteiger partial charge in [-0.25, -0.2) is 0 Å². The lowest BCUT2D eigenvalue weighted by molar-refractivity contribution is 0.00623. The third-order valence-electron chi connectivity index (χ3n) is 5.57. The van der Waals surface area contributed by atoms with Crippen LogP contribution in [-0.2, 0) is 0 Å². The van der Waals surface area contributed by atoms with Crippen molar-refractivity contribution in [2.45, 2.75) is 65.2 Å². The van der Waals surface area contributed by atoms with Gasteiger partial charge in [0, 0.05) is 0 Å². The van der Waals surface area contributed by atoms with Crippen LogP contribution in [0.1, 0.15) is 65.2 Å². The van der Waals surface area contributed by atoms with E-state index in [1.54, 1.807) is 0 Å². The molecule has 0 unspecified atom stereocenters. The molecule has 0 aromatic heterocycles. The molecule has 2 aliphatic carbocycles. The summed E-state index contributed by atoms with van der Waals surface area (Å²) < 4.78 is 0. The van der Waals surface area contributed by atoms with Crippen molar-refractivity contribution < 1.29 is 0 Å². The van der Waals surface area contributed by atoms with Gasteiger partial charge >= 0.3 is 0 Å². The van der Waals surface area contributed by atoms with Gasteiger partial charge in [0.15, 0.2) is 0 Å². The Kier molecular flexibility index (Phi) is 3.94. The molecule has 2 aliphatic rings. The third kappa shape index (κ3) is 2.30. The van der Waals surface area contributed by atoms with Gasteiger partial charge in [0.2, 0.25) is 0 Å². The van der Waals surface area contributed by atoms with Gasteiger partial charge in [-0.3, -0.25) is 0 Å². The average molecular weight is 223 g/mol. The molecule has 1 nitrogen and oxygen atoms in total. The van der Waals surface area contributed by atoms with Crippen LogP contribution in [0.3, 0.4) is 0 Å². The highest BCUT2D eigenvalue weighted by atomic mass is 14.6. The molecule has 0 spiro atoms. The highest BCUT2D eigenvalue weighted by molar-refractivity contribution is 4.95. The zero-order valence-corrected chi connectivity index (χ0v) is 11.2. The first-order valence-electron chi connectivity index (χ1n) is 7.38. The summed E-state index contributed by atoms with van der Waals surface area (Å²) in [5.74, 6) is 2.92. The topological polar surface area (TPSA) is 26.0 Å². The summed E-state index contributed by atoms with van der Waals surface area (Å²) in [5.41, 5.74) is 6.50. The second-order valence-corrected chi connectivity index (χ2v) is 6.61. The van der Waals surface area contributed by atoms with Gasteiger partial charge in [-0.1, -0.05) is 20.3 Å². The number of hydrogen-bond acceptors (Lipinski definition) is 1. The van der Waals surface area contributed by atoms with E-state index in [1.165, 1.54) is 51.4 Å². The predicted octanol–water partition coefficient (Wildman–Crippen LogP) is 3.97. The minimum Gasteiger partial charge on any atom is -0.330 e. The fraction of sp³-hybridized carbons (Fsp3) is 1.00. The summed E-state index contributed by atoms with van der Waals surface area (Å²) in [4.78, 5) is 0. The van der Waals surface area contributed by atoms with Crippen molar-refractivity contribution in [3.8, 4) is 0 Å². The molecule has 0 aromatic rings. The van der Waals surface area contributed by atoms with E-state index in [4.69, 9.17) is 5.73 Å². The third-order valence-corrected chi connectivity index (χ3v) is 5.57. The van der Waals surface area contributed by atoms with Crippen molar-refractivity contribution >= 4 is 0 Å². The summed E-state index contributed by atoms with van der Waals surface area (Å²) in [6.45, 7) is 5.69. The lowest BCUT2D eigenvalue weighted by Crippen LogP contribution is -2.41. The second kappa shape index (κ2) is 5.08. The van der Waals surface area contributed by atoms with Crippen LogP contribution in [0, 0.1) is 23.2 Å².